The van der Waals surface area contributed by atoms with E-state index in [1.165, 1.54) is 23.1 Å². The second kappa shape index (κ2) is 7.97. The molecule has 0 aromatic heterocycles. The molecule has 2 heterocycles. The van der Waals surface area contributed by atoms with E-state index in [1.54, 1.807) is 0 Å². The molecule has 166 valence electrons. The van der Waals surface area contributed by atoms with Gasteiger partial charge >= 0.3 is 6.18 Å². The molecule has 0 aliphatic carbocycles. The van der Waals surface area contributed by atoms with E-state index in [9.17, 15) is 32.8 Å². The van der Waals surface area contributed by atoms with Crippen molar-refractivity contribution in [2.45, 2.75) is 24.7 Å². The van der Waals surface area contributed by atoms with E-state index in [0.717, 1.165) is 18.2 Å². The Labute approximate surface area is 174 Å². The van der Waals surface area contributed by atoms with Crippen LogP contribution in [-0.4, -0.2) is 53.3 Å². The Hall–Kier alpha value is -2.92. The Morgan fingerprint density at radius 3 is 2.52 bits per heavy atom. The number of fused-ring (bicyclic) bond motifs is 1. The lowest BCUT2D eigenvalue weighted by atomic mass is 10.0. The normalized spacial score (nSPS) is 21.8. The quantitative estimate of drug-likeness (QED) is 0.442. The van der Waals surface area contributed by atoms with Gasteiger partial charge < -0.3 is 14.7 Å². The van der Waals surface area contributed by atoms with Gasteiger partial charge in [0.25, 0.3) is 5.69 Å². The van der Waals surface area contributed by atoms with Gasteiger partial charge in [0.05, 0.1) is 17.1 Å². The zero-order valence-corrected chi connectivity index (χ0v) is 16.2. The summed E-state index contributed by atoms with van der Waals surface area (Å²) in [6.45, 7) is 1.07. The SMILES string of the molecule is O=[N+]([O-])c1ccc(Oc2ccccc2F)c(C(F)(F)F)c1N1CCN2CC[C@H](O)[C@@H]2C1. The minimum atomic E-state index is -5.01. The predicted molar refractivity (Wildman–Crippen MR) is 103 cm³/mol. The number of para-hydroxylation sites is 1. The molecule has 0 saturated carbocycles. The highest BCUT2D eigenvalue weighted by atomic mass is 19.4. The summed E-state index contributed by atoms with van der Waals surface area (Å²) in [5, 5.41) is 21.8. The number of rotatable bonds is 4. The monoisotopic (exact) mass is 441 g/mol. The Bertz CT molecular complexity index is 1000. The van der Waals surface area contributed by atoms with Crippen LogP contribution in [0.3, 0.4) is 0 Å². The first-order valence-corrected chi connectivity index (χ1v) is 9.65. The summed E-state index contributed by atoms with van der Waals surface area (Å²) in [5.74, 6) is -2.02. The number of alkyl halides is 3. The van der Waals surface area contributed by atoms with Crippen LogP contribution in [0.15, 0.2) is 36.4 Å². The highest BCUT2D eigenvalue weighted by molar-refractivity contribution is 5.73. The van der Waals surface area contributed by atoms with E-state index >= 15 is 0 Å². The molecule has 2 aromatic rings. The van der Waals surface area contributed by atoms with Crippen molar-refractivity contribution in [2.24, 2.45) is 0 Å². The molecule has 2 fully saturated rings. The molecular formula is C20H19F4N3O4. The first-order valence-electron chi connectivity index (χ1n) is 9.65. The van der Waals surface area contributed by atoms with Gasteiger partial charge in [0.2, 0.25) is 0 Å². The summed E-state index contributed by atoms with van der Waals surface area (Å²) in [5.41, 5.74) is -2.70. The fourth-order valence-corrected chi connectivity index (χ4v) is 4.22. The van der Waals surface area contributed by atoms with Gasteiger partial charge in [0.15, 0.2) is 11.6 Å². The highest BCUT2D eigenvalue weighted by Crippen LogP contribution is 2.49. The topological polar surface area (TPSA) is 79.1 Å². The van der Waals surface area contributed by atoms with E-state index in [4.69, 9.17) is 4.74 Å². The summed E-state index contributed by atoms with van der Waals surface area (Å²) >= 11 is 0. The predicted octanol–water partition coefficient (Wildman–Crippen LogP) is 3.80. The third-order valence-electron chi connectivity index (χ3n) is 5.66. The zero-order chi connectivity index (χ0) is 22.3. The van der Waals surface area contributed by atoms with E-state index in [-0.39, 0.29) is 13.1 Å². The summed E-state index contributed by atoms with van der Waals surface area (Å²) in [7, 11) is 0. The number of nitro groups is 1. The minimum Gasteiger partial charge on any atom is -0.454 e. The first kappa shape index (κ1) is 21.3. The fourth-order valence-electron chi connectivity index (χ4n) is 4.22. The third-order valence-corrected chi connectivity index (χ3v) is 5.66. The lowest BCUT2D eigenvalue weighted by molar-refractivity contribution is -0.384. The number of benzene rings is 2. The van der Waals surface area contributed by atoms with Crippen LogP contribution < -0.4 is 9.64 Å². The van der Waals surface area contributed by atoms with Gasteiger partial charge in [-0.15, -0.1) is 0 Å². The number of ether oxygens (including phenoxy) is 1. The molecule has 11 heteroatoms. The second-order valence-corrected chi connectivity index (χ2v) is 7.50. The lowest BCUT2D eigenvalue weighted by Crippen LogP contribution is -2.53. The Morgan fingerprint density at radius 2 is 1.84 bits per heavy atom. The number of piperazine rings is 1. The first-order chi connectivity index (χ1) is 14.7. The molecule has 0 unspecified atom stereocenters. The number of nitro benzene ring substituents is 1. The molecule has 1 N–H and O–H groups in total. The maximum absolute atomic E-state index is 14.2. The van der Waals surface area contributed by atoms with Gasteiger partial charge in [-0.05, 0) is 24.6 Å². The molecular weight excluding hydrogens is 422 g/mol. The van der Waals surface area contributed by atoms with E-state index in [2.05, 4.69) is 0 Å². The number of aliphatic hydroxyl groups is 1. The van der Waals surface area contributed by atoms with Crippen LogP contribution in [0.2, 0.25) is 0 Å². The van der Waals surface area contributed by atoms with Crippen LogP contribution >= 0.6 is 0 Å². The van der Waals surface area contributed by atoms with Crippen molar-refractivity contribution in [3.8, 4) is 11.5 Å². The summed E-state index contributed by atoms with van der Waals surface area (Å²) in [4.78, 5) is 14.0. The number of aliphatic hydroxyl groups excluding tert-OH is 1. The van der Waals surface area contributed by atoms with Crippen molar-refractivity contribution in [3.05, 3.63) is 57.9 Å². The van der Waals surface area contributed by atoms with Crippen molar-refractivity contribution in [1.29, 1.82) is 0 Å². The molecule has 0 bridgehead atoms. The van der Waals surface area contributed by atoms with Gasteiger partial charge in [0, 0.05) is 32.2 Å². The van der Waals surface area contributed by atoms with Gasteiger partial charge in [-0.1, -0.05) is 12.1 Å². The zero-order valence-electron chi connectivity index (χ0n) is 16.2. The van der Waals surface area contributed by atoms with Gasteiger partial charge in [-0.25, -0.2) is 4.39 Å². The molecule has 0 radical (unpaired) electrons. The van der Waals surface area contributed by atoms with Crippen LogP contribution in [0.1, 0.15) is 12.0 Å². The largest absolute Gasteiger partial charge is 0.454 e. The van der Waals surface area contributed by atoms with Crippen molar-refractivity contribution < 1.29 is 32.3 Å². The molecule has 2 aromatic carbocycles. The van der Waals surface area contributed by atoms with Crippen LogP contribution in [-0.2, 0) is 6.18 Å². The Kier molecular flexibility index (Phi) is 5.48. The van der Waals surface area contributed by atoms with Gasteiger partial charge in [-0.3, -0.25) is 15.0 Å². The van der Waals surface area contributed by atoms with Gasteiger partial charge in [-0.2, -0.15) is 13.2 Å². The molecule has 7 nitrogen and oxygen atoms in total. The maximum Gasteiger partial charge on any atom is 0.422 e. The van der Waals surface area contributed by atoms with Crippen molar-refractivity contribution in [3.63, 3.8) is 0 Å². The Morgan fingerprint density at radius 1 is 1.10 bits per heavy atom. The van der Waals surface area contributed by atoms with Crippen LogP contribution in [0.4, 0.5) is 28.9 Å². The molecule has 2 saturated heterocycles. The van der Waals surface area contributed by atoms with Crippen molar-refractivity contribution in [2.75, 3.05) is 31.1 Å². The maximum atomic E-state index is 14.2. The number of hydrogen-bond donors (Lipinski definition) is 1. The molecule has 2 atom stereocenters. The van der Waals surface area contributed by atoms with E-state index < -0.39 is 57.5 Å². The van der Waals surface area contributed by atoms with E-state index in [0.29, 0.717) is 19.5 Å². The highest BCUT2D eigenvalue weighted by Gasteiger charge is 2.45. The molecule has 0 spiro atoms. The fraction of sp³-hybridized carbons (Fsp3) is 0.400. The van der Waals surface area contributed by atoms with E-state index in [1.807, 2.05) is 4.90 Å². The van der Waals surface area contributed by atoms with Crippen LogP contribution in [0.25, 0.3) is 0 Å². The number of anilines is 1. The molecule has 2 aliphatic heterocycles. The van der Waals surface area contributed by atoms with Crippen LogP contribution in [0, 0.1) is 15.9 Å². The average Bonchev–Trinajstić information content (AvgIpc) is 3.08. The number of halogens is 4. The smallest absolute Gasteiger partial charge is 0.422 e. The molecule has 31 heavy (non-hydrogen) atoms. The average molecular weight is 441 g/mol. The molecule has 2 aliphatic rings. The summed E-state index contributed by atoms with van der Waals surface area (Å²) < 4.78 is 61.8. The van der Waals surface area contributed by atoms with Crippen LogP contribution in [0.5, 0.6) is 11.5 Å². The third kappa shape index (κ3) is 4.02. The Balaban J connectivity index is 1.83. The standard InChI is InChI=1S/C20H19F4N3O4/c21-12-3-1-2-4-16(12)31-17-6-5-13(27(29)30)19(18(17)20(22,23)24)26-10-9-25-8-7-15(28)14(25)11-26/h1-6,14-15,28H,7-11H2/t14-,15-/m0/s1. The number of nitrogens with zero attached hydrogens (tertiary/aromatic N) is 3. The summed E-state index contributed by atoms with van der Waals surface area (Å²) in [6.07, 6.45) is -5.25. The van der Waals surface area contributed by atoms with Crippen molar-refractivity contribution >= 4 is 11.4 Å². The molecule has 4 rings (SSSR count). The summed E-state index contributed by atoms with van der Waals surface area (Å²) in [6, 6.07) is 6.31. The van der Waals surface area contributed by atoms with Crippen molar-refractivity contribution in [1.82, 2.24) is 4.90 Å². The van der Waals surface area contributed by atoms with Gasteiger partial charge in [0.1, 0.15) is 17.0 Å². The number of hydrogen-bond acceptors (Lipinski definition) is 6. The molecule has 0 amide bonds. The second-order valence-electron chi connectivity index (χ2n) is 7.50. The lowest BCUT2D eigenvalue weighted by Gasteiger charge is -2.40. The minimum absolute atomic E-state index is 0.00572.